The molecule has 1 fully saturated rings. The summed E-state index contributed by atoms with van der Waals surface area (Å²) in [6.45, 7) is 1.93. The zero-order valence-electron chi connectivity index (χ0n) is 14.7. The summed E-state index contributed by atoms with van der Waals surface area (Å²) < 4.78 is 13.1. The fraction of sp³-hybridized carbons (Fsp3) is 0.250. The van der Waals surface area contributed by atoms with Gasteiger partial charge >= 0.3 is 5.97 Å². The summed E-state index contributed by atoms with van der Waals surface area (Å²) in [4.78, 5) is 37.7. The molecule has 0 aliphatic carbocycles. The molecule has 6 nitrogen and oxygen atoms in total. The largest absolute Gasteiger partial charge is 0.481 e. The highest BCUT2D eigenvalue weighted by Gasteiger charge is 2.37. The van der Waals surface area contributed by atoms with Crippen LogP contribution in [0.5, 0.6) is 0 Å². The lowest BCUT2D eigenvalue weighted by Crippen LogP contribution is -2.33. The first-order valence-electron chi connectivity index (χ1n) is 8.57. The molecule has 0 spiro atoms. The quantitative estimate of drug-likeness (QED) is 0.792. The smallest absolute Gasteiger partial charge is 0.310 e. The van der Waals surface area contributed by atoms with Gasteiger partial charge in [-0.25, -0.2) is 4.39 Å². The maximum Gasteiger partial charge on any atom is 0.310 e. The van der Waals surface area contributed by atoms with E-state index in [0.717, 1.165) is 0 Å². The van der Waals surface area contributed by atoms with Crippen molar-refractivity contribution in [1.82, 2.24) is 0 Å². The van der Waals surface area contributed by atoms with Gasteiger partial charge in [0, 0.05) is 17.9 Å². The van der Waals surface area contributed by atoms with Crippen molar-refractivity contribution < 1.29 is 23.9 Å². The van der Waals surface area contributed by atoms with E-state index in [1.165, 1.54) is 29.2 Å². The number of hydrogen-bond donors (Lipinski definition) is 2. The molecule has 1 aliphatic heterocycles. The molecule has 140 valence electrons. The van der Waals surface area contributed by atoms with Crippen LogP contribution in [0, 0.1) is 11.7 Å². The van der Waals surface area contributed by atoms with Crippen molar-refractivity contribution in [2.24, 2.45) is 5.92 Å². The van der Waals surface area contributed by atoms with Gasteiger partial charge in [0.1, 0.15) is 11.7 Å². The van der Waals surface area contributed by atoms with Crippen LogP contribution >= 0.6 is 0 Å². The molecule has 3 rings (SSSR count). The summed E-state index contributed by atoms with van der Waals surface area (Å²) in [6.07, 6.45) is 0.354. The molecule has 2 unspecified atom stereocenters. The molecule has 1 heterocycles. The first-order valence-corrected chi connectivity index (χ1v) is 8.57. The number of aliphatic carboxylic acids is 1. The average Bonchev–Trinajstić information content (AvgIpc) is 3.03. The predicted octanol–water partition coefficient (Wildman–Crippen LogP) is 3.01. The average molecular weight is 370 g/mol. The van der Waals surface area contributed by atoms with Crippen LogP contribution in [0.4, 0.5) is 15.8 Å². The van der Waals surface area contributed by atoms with Gasteiger partial charge < -0.3 is 15.3 Å². The number of hydrogen-bond acceptors (Lipinski definition) is 3. The van der Waals surface area contributed by atoms with Gasteiger partial charge in [0.15, 0.2) is 0 Å². The van der Waals surface area contributed by atoms with Crippen molar-refractivity contribution in [1.29, 1.82) is 0 Å². The molecule has 2 aromatic rings. The first-order chi connectivity index (χ1) is 12.9. The molecule has 1 saturated heterocycles. The number of carbonyl (C=O) groups excluding carboxylic acids is 2. The molecule has 2 N–H and O–H groups in total. The number of carboxylic acids is 1. The second kappa shape index (κ2) is 7.57. The third-order valence-electron chi connectivity index (χ3n) is 4.68. The van der Waals surface area contributed by atoms with Crippen molar-refractivity contribution in [3.8, 4) is 0 Å². The Kier molecular flexibility index (Phi) is 5.21. The number of amides is 2. The third-order valence-corrected chi connectivity index (χ3v) is 4.68. The molecule has 0 saturated carbocycles. The Morgan fingerprint density at radius 3 is 2.59 bits per heavy atom. The summed E-state index contributed by atoms with van der Waals surface area (Å²) in [5.41, 5.74) is 1.55. The monoisotopic (exact) mass is 370 g/mol. The Morgan fingerprint density at radius 1 is 1.22 bits per heavy atom. The van der Waals surface area contributed by atoms with E-state index in [1.807, 2.05) is 0 Å². The van der Waals surface area contributed by atoms with Gasteiger partial charge in [0.25, 0.3) is 0 Å². The maximum atomic E-state index is 13.1. The van der Waals surface area contributed by atoms with E-state index in [9.17, 15) is 18.8 Å². The molecular weight excluding hydrogens is 351 g/mol. The zero-order chi connectivity index (χ0) is 19.6. The minimum atomic E-state index is -0.959. The maximum absolute atomic E-state index is 13.1. The summed E-state index contributed by atoms with van der Waals surface area (Å²) in [5, 5.41) is 11.8. The van der Waals surface area contributed by atoms with E-state index >= 15 is 0 Å². The van der Waals surface area contributed by atoms with E-state index in [1.54, 1.807) is 31.2 Å². The highest BCUT2D eigenvalue weighted by Crippen LogP contribution is 2.27. The number of nitrogens with zero attached hydrogens (tertiary/aromatic N) is 1. The summed E-state index contributed by atoms with van der Waals surface area (Å²) in [5.74, 6) is -3.67. The van der Waals surface area contributed by atoms with Crippen molar-refractivity contribution in [2.75, 3.05) is 16.8 Å². The number of halogens is 1. The summed E-state index contributed by atoms with van der Waals surface area (Å²) in [6, 6.07) is 12.1. The molecule has 2 atom stereocenters. The normalized spacial score (nSPS) is 17.6. The summed E-state index contributed by atoms with van der Waals surface area (Å²) in [7, 11) is 0. The number of anilines is 2. The first kappa shape index (κ1) is 18.6. The SMILES string of the molecule is CC(C(=O)O)c1cccc(NC(=O)C2CCN(c3ccc(F)cc3)C2=O)c1. The van der Waals surface area contributed by atoms with Gasteiger partial charge in [0.05, 0.1) is 5.92 Å². The van der Waals surface area contributed by atoms with E-state index in [4.69, 9.17) is 5.11 Å². The molecule has 0 radical (unpaired) electrons. The van der Waals surface area contributed by atoms with Crippen LogP contribution in [-0.4, -0.2) is 29.4 Å². The van der Waals surface area contributed by atoms with E-state index in [0.29, 0.717) is 29.9 Å². The molecule has 1 aliphatic rings. The van der Waals surface area contributed by atoms with Gasteiger partial charge in [-0.15, -0.1) is 0 Å². The minimum Gasteiger partial charge on any atom is -0.481 e. The van der Waals surface area contributed by atoms with Crippen molar-refractivity contribution >= 4 is 29.2 Å². The Bertz CT molecular complexity index is 882. The number of nitrogens with one attached hydrogen (secondary N) is 1. The highest BCUT2D eigenvalue weighted by molar-refractivity contribution is 6.13. The molecule has 0 aromatic heterocycles. The van der Waals surface area contributed by atoms with E-state index in [2.05, 4.69) is 5.32 Å². The van der Waals surface area contributed by atoms with Crippen molar-refractivity contribution in [3.63, 3.8) is 0 Å². The van der Waals surface area contributed by atoms with Crippen LogP contribution in [0.15, 0.2) is 48.5 Å². The topological polar surface area (TPSA) is 86.7 Å². The molecule has 2 amide bonds. The molecule has 0 bridgehead atoms. The van der Waals surface area contributed by atoms with Crippen molar-refractivity contribution in [3.05, 3.63) is 59.9 Å². The lowest BCUT2D eigenvalue weighted by atomic mass is 10.0. The van der Waals surface area contributed by atoms with Crippen LogP contribution < -0.4 is 10.2 Å². The molecule has 27 heavy (non-hydrogen) atoms. The van der Waals surface area contributed by atoms with Crippen LogP contribution in [-0.2, 0) is 14.4 Å². The fourth-order valence-electron chi connectivity index (χ4n) is 3.06. The molecule has 7 heteroatoms. The lowest BCUT2D eigenvalue weighted by Gasteiger charge is -2.17. The van der Waals surface area contributed by atoms with Gasteiger partial charge in [-0.1, -0.05) is 12.1 Å². The van der Waals surface area contributed by atoms with Crippen LogP contribution in [0.3, 0.4) is 0 Å². The van der Waals surface area contributed by atoms with Crippen LogP contribution in [0.25, 0.3) is 0 Å². The highest BCUT2D eigenvalue weighted by atomic mass is 19.1. The fourth-order valence-corrected chi connectivity index (χ4v) is 3.06. The standard InChI is InChI=1S/C20H19FN2O4/c1-12(20(26)27)13-3-2-4-15(11-13)22-18(24)17-9-10-23(19(17)25)16-7-5-14(21)6-8-16/h2-8,11-12,17H,9-10H2,1H3,(H,22,24)(H,26,27). The van der Waals surface area contributed by atoms with Crippen LogP contribution in [0.1, 0.15) is 24.8 Å². The third kappa shape index (κ3) is 3.97. The van der Waals surface area contributed by atoms with Crippen molar-refractivity contribution in [2.45, 2.75) is 19.3 Å². The Balaban J connectivity index is 1.70. The second-order valence-corrected chi connectivity index (χ2v) is 6.48. The number of rotatable bonds is 5. The van der Waals surface area contributed by atoms with Gasteiger partial charge in [-0.05, 0) is 55.3 Å². The predicted molar refractivity (Wildman–Crippen MR) is 98.0 cm³/mol. The lowest BCUT2D eigenvalue weighted by molar-refractivity contribution is -0.138. The van der Waals surface area contributed by atoms with Gasteiger partial charge in [-0.2, -0.15) is 0 Å². The summed E-state index contributed by atoms with van der Waals surface area (Å²) >= 11 is 0. The minimum absolute atomic E-state index is 0.339. The zero-order valence-corrected chi connectivity index (χ0v) is 14.7. The Labute approximate surface area is 155 Å². The number of carbonyl (C=O) groups is 3. The molecular formula is C20H19FN2O4. The second-order valence-electron chi connectivity index (χ2n) is 6.48. The number of carboxylic acid groups (broad SMARTS) is 1. The van der Waals surface area contributed by atoms with Gasteiger partial charge in [0.2, 0.25) is 11.8 Å². The van der Waals surface area contributed by atoms with Gasteiger partial charge in [-0.3, -0.25) is 14.4 Å². The van der Waals surface area contributed by atoms with E-state index < -0.39 is 29.5 Å². The Morgan fingerprint density at radius 2 is 1.93 bits per heavy atom. The molecule has 2 aromatic carbocycles. The van der Waals surface area contributed by atoms with E-state index in [-0.39, 0.29) is 5.91 Å². The number of benzene rings is 2. The van der Waals surface area contributed by atoms with Crippen LogP contribution in [0.2, 0.25) is 0 Å². The Hall–Kier alpha value is -3.22.